The number of nitrogen functional groups attached to an aromatic ring is 1. The summed E-state index contributed by atoms with van der Waals surface area (Å²) < 4.78 is 31.2. The second-order valence-corrected chi connectivity index (χ2v) is 5.08. The number of anilines is 1. The van der Waals surface area contributed by atoms with Crippen molar-refractivity contribution in [2.45, 2.75) is 4.90 Å². The van der Waals surface area contributed by atoms with Crippen molar-refractivity contribution >= 4 is 32.3 Å². The van der Waals surface area contributed by atoms with Gasteiger partial charge in [0.25, 0.3) is 10.1 Å². The van der Waals surface area contributed by atoms with Crippen molar-refractivity contribution in [3.8, 4) is 0 Å². The molecule has 0 aromatic heterocycles. The van der Waals surface area contributed by atoms with Crippen LogP contribution in [-0.4, -0.2) is 20.0 Å². The SMILES string of the molecule is CN=Nc1ccc(N)c2ccc(S(=O)(=O)O)cc12. The van der Waals surface area contributed by atoms with Crippen LogP contribution in [0.15, 0.2) is 45.5 Å². The van der Waals surface area contributed by atoms with Gasteiger partial charge >= 0.3 is 0 Å². The summed E-state index contributed by atoms with van der Waals surface area (Å²) in [7, 11) is -2.74. The molecule has 2 rings (SSSR count). The van der Waals surface area contributed by atoms with Crippen LogP contribution in [-0.2, 0) is 10.1 Å². The molecule has 0 saturated carbocycles. The minimum absolute atomic E-state index is 0.201. The lowest BCUT2D eigenvalue weighted by atomic mass is 10.1. The van der Waals surface area contributed by atoms with E-state index in [0.717, 1.165) is 0 Å². The highest BCUT2D eigenvalue weighted by Crippen LogP contribution is 2.32. The standard InChI is InChI=1S/C11H11N3O3S/c1-13-14-11-5-4-10(12)8-3-2-7(6-9(8)11)18(15,16)17/h2-6H,12H2,1H3,(H,15,16,17). The van der Waals surface area contributed by atoms with Crippen molar-refractivity contribution in [3.05, 3.63) is 30.3 Å². The third-order valence-electron chi connectivity index (χ3n) is 2.50. The zero-order chi connectivity index (χ0) is 13.3. The van der Waals surface area contributed by atoms with E-state index in [4.69, 9.17) is 10.3 Å². The zero-order valence-electron chi connectivity index (χ0n) is 9.53. The molecule has 0 atom stereocenters. The van der Waals surface area contributed by atoms with Gasteiger partial charge in [-0.2, -0.15) is 18.6 Å². The van der Waals surface area contributed by atoms with Gasteiger partial charge in [0.2, 0.25) is 0 Å². The van der Waals surface area contributed by atoms with Crippen LogP contribution < -0.4 is 5.73 Å². The fourth-order valence-electron chi connectivity index (χ4n) is 1.69. The lowest BCUT2D eigenvalue weighted by Crippen LogP contribution is -1.98. The van der Waals surface area contributed by atoms with E-state index in [1.165, 1.54) is 25.2 Å². The molecule has 2 aromatic carbocycles. The highest BCUT2D eigenvalue weighted by Gasteiger charge is 2.12. The van der Waals surface area contributed by atoms with Gasteiger partial charge in [0.05, 0.1) is 10.6 Å². The smallest absolute Gasteiger partial charge is 0.294 e. The maximum absolute atomic E-state index is 11.1. The first-order chi connectivity index (χ1) is 8.43. The van der Waals surface area contributed by atoms with E-state index < -0.39 is 10.1 Å². The van der Waals surface area contributed by atoms with Gasteiger partial charge in [-0.3, -0.25) is 4.55 Å². The number of azo groups is 1. The fraction of sp³-hybridized carbons (Fsp3) is 0.0909. The Morgan fingerprint density at radius 1 is 1.17 bits per heavy atom. The second kappa shape index (κ2) is 4.35. The molecule has 0 fully saturated rings. The molecule has 0 aliphatic rings. The van der Waals surface area contributed by atoms with Crippen molar-refractivity contribution in [3.63, 3.8) is 0 Å². The molecular formula is C11H11N3O3S. The number of benzene rings is 2. The number of nitrogens with two attached hydrogens (primary N) is 1. The van der Waals surface area contributed by atoms with E-state index in [0.29, 0.717) is 22.1 Å². The Hall–Kier alpha value is -1.99. The van der Waals surface area contributed by atoms with Gasteiger partial charge in [0.15, 0.2) is 0 Å². The van der Waals surface area contributed by atoms with Gasteiger partial charge in [-0.1, -0.05) is 6.07 Å². The topological polar surface area (TPSA) is 105 Å². The Balaban J connectivity index is 2.85. The molecule has 0 aliphatic carbocycles. The number of rotatable bonds is 2. The van der Waals surface area contributed by atoms with E-state index in [2.05, 4.69) is 10.2 Å². The third kappa shape index (κ3) is 2.18. The molecule has 0 bridgehead atoms. The maximum Gasteiger partial charge on any atom is 0.294 e. The molecular weight excluding hydrogens is 254 g/mol. The van der Waals surface area contributed by atoms with Crippen LogP contribution in [0.1, 0.15) is 0 Å². The quantitative estimate of drug-likeness (QED) is 0.494. The average Bonchev–Trinajstić information content (AvgIpc) is 2.31. The Morgan fingerprint density at radius 2 is 1.89 bits per heavy atom. The molecule has 0 spiro atoms. The zero-order valence-corrected chi connectivity index (χ0v) is 10.3. The summed E-state index contributed by atoms with van der Waals surface area (Å²) in [6, 6.07) is 7.45. The summed E-state index contributed by atoms with van der Waals surface area (Å²) in [6.07, 6.45) is 0. The largest absolute Gasteiger partial charge is 0.398 e. The van der Waals surface area contributed by atoms with E-state index in [9.17, 15) is 8.42 Å². The summed E-state index contributed by atoms with van der Waals surface area (Å²) in [4.78, 5) is -0.201. The Kier molecular flexibility index (Phi) is 3.02. The van der Waals surface area contributed by atoms with Crippen molar-refractivity contribution < 1.29 is 13.0 Å². The van der Waals surface area contributed by atoms with Crippen LogP contribution in [0.2, 0.25) is 0 Å². The van der Waals surface area contributed by atoms with E-state index in [1.807, 2.05) is 0 Å². The van der Waals surface area contributed by atoms with Gasteiger partial charge in [0, 0.05) is 23.5 Å². The van der Waals surface area contributed by atoms with Crippen LogP contribution in [0, 0.1) is 0 Å². The molecule has 3 N–H and O–H groups in total. The summed E-state index contributed by atoms with van der Waals surface area (Å²) in [6.45, 7) is 0. The van der Waals surface area contributed by atoms with E-state index >= 15 is 0 Å². The van der Waals surface area contributed by atoms with Gasteiger partial charge in [-0.05, 0) is 24.3 Å². The summed E-state index contributed by atoms with van der Waals surface area (Å²) in [5.41, 5.74) is 6.79. The summed E-state index contributed by atoms with van der Waals surface area (Å²) in [5, 5.41) is 8.73. The molecule has 0 heterocycles. The van der Waals surface area contributed by atoms with Gasteiger partial charge in [-0.25, -0.2) is 0 Å². The van der Waals surface area contributed by atoms with Crippen LogP contribution >= 0.6 is 0 Å². The van der Waals surface area contributed by atoms with Gasteiger partial charge in [-0.15, -0.1) is 0 Å². The molecule has 0 unspecified atom stereocenters. The predicted molar refractivity (Wildman–Crippen MR) is 68.6 cm³/mol. The molecule has 94 valence electrons. The van der Waals surface area contributed by atoms with Gasteiger partial charge < -0.3 is 5.73 Å². The first-order valence-electron chi connectivity index (χ1n) is 5.03. The Bertz CT molecular complexity index is 739. The molecule has 2 aromatic rings. The minimum atomic E-state index is -4.25. The Labute approximate surface area is 104 Å². The molecule has 0 radical (unpaired) electrons. The first kappa shape index (κ1) is 12.5. The second-order valence-electron chi connectivity index (χ2n) is 3.66. The predicted octanol–water partition coefficient (Wildman–Crippen LogP) is 2.38. The van der Waals surface area contributed by atoms with Crippen LogP contribution in [0.25, 0.3) is 10.8 Å². The molecule has 6 nitrogen and oxygen atoms in total. The molecule has 18 heavy (non-hydrogen) atoms. The van der Waals surface area contributed by atoms with Gasteiger partial charge in [0.1, 0.15) is 0 Å². The van der Waals surface area contributed by atoms with Crippen LogP contribution in [0.4, 0.5) is 11.4 Å². The highest BCUT2D eigenvalue weighted by atomic mass is 32.2. The molecule has 0 saturated heterocycles. The summed E-state index contributed by atoms with van der Waals surface area (Å²) >= 11 is 0. The summed E-state index contributed by atoms with van der Waals surface area (Å²) in [5.74, 6) is 0. The van der Waals surface area contributed by atoms with E-state index in [-0.39, 0.29) is 4.90 Å². The monoisotopic (exact) mass is 265 g/mol. The van der Waals surface area contributed by atoms with E-state index in [1.54, 1.807) is 12.1 Å². The lowest BCUT2D eigenvalue weighted by molar-refractivity contribution is 0.483. The molecule has 0 aliphatic heterocycles. The number of hydrogen-bond donors (Lipinski definition) is 2. The Morgan fingerprint density at radius 3 is 2.50 bits per heavy atom. The number of nitrogens with zero attached hydrogens (tertiary/aromatic N) is 2. The fourth-order valence-corrected chi connectivity index (χ4v) is 2.20. The number of fused-ring (bicyclic) bond motifs is 1. The van der Waals surface area contributed by atoms with Crippen molar-refractivity contribution in [1.29, 1.82) is 0 Å². The van der Waals surface area contributed by atoms with Crippen molar-refractivity contribution in [2.75, 3.05) is 12.8 Å². The maximum atomic E-state index is 11.1. The third-order valence-corrected chi connectivity index (χ3v) is 3.35. The van der Waals surface area contributed by atoms with Crippen LogP contribution in [0.5, 0.6) is 0 Å². The molecule has 7 heteroatoms. The van der Waals surface area contributed by atoms with Crippen molar-refractivity contribution in [1.82, 2.24) is 0 Å². The first-order valence-corrected chi connectivity index (χ1v) is 6.47. The van der Waals surface area contributed by atoms with Crippen molar-refractivity contribution in [2.24, 2.45) is 10.2 Å². The minimum Gasteiger partial charge on any atom is -0.398 e. The van der Waals surface area contributed by atoms with Crippen LogP contribution in [0.3, 0.4) is 0 Å². The molecule has 0 amide bonds. The number of hydrogen-bond acceptors (Lipinski definition) is 5. The average molecular weight is 265 g/mol. The lowest BCUT2D eigenvalue weighted by Gasteiger charge is -2.06. The normalized spacial score (nSPS) is 12.3. The highest BCUT2D eigenvalue weighted by molar-refractivity contribution is 7.85.